The van der Waals surface area contributed by atoms with Crippen molar-refractivity contribution in [3.8, 4) is 0 Å². The summed E-state index contributed by atoms with van der Waals surface area (Å²) >= 11 is 0. The van der Waals surface area contributed by atoms with Gasteiger partial charge in [-0.2, -0.15) is 0 Å². The molecule has 1 saturated carbocycles. The monoisotopic (exact) mass is 270 g/mol. The third-order valence-electron chi connectivity index (χ3n) is 4.88. The Morgan fingerprint density at radius 2 is 1.90 bits per heavy atom. The van der Waals surface area contributed by atoms with Crippen LogP contribution in [0, 0.1) is 5.41 Å². The zero-order valence-electron chi connectivity index (χ0n) is 12.5. The molecule has 0 spiro atoms. The van der Waals surface area contributed by atoms with Gasteiger partial charge in [0.05, 0.1) is 6.42 Å². The zero-order chi connectivity index (χ0) is 14.3. The Kier molecular flexibility index (Phi) is 3.19. The molecule has 1 aliphatic heterocycles. The maximum absolute atomic E-state index is 12.1. The molecule has 1 fully saturated rings. The number of allylic oxidation sites excluding steroid dienone is 1. The molecule has 2 nitrogen and oxygen atoms in total. The highest BCUT2D eigenvalue weighted by molar-refractivity contribution is 5.73. The molecule has 0 saturated heterocycles. The number of hydrogen-bond acceptors (Lipinski definition) is 2. The molecule has 2 heteroatoms. The molecule has 3 rings (SSSR count). The van der Waals surface area contributed by atoms with E-state index in [0.717, 1.165) is 12.8 Å². The largest absolute Gasteiger partial charge is 0.458 e. The van der Waals surface area contributed by atoms with Gasteiger partial charge in [0.2, 0.25) is 0 Å². The van der Waals surface area contributed by atoms with Crippen LogP contribution < -0.4 is 0 Å². The van der Waals surface area contributed by atoms with E-state index < -0.39 is 0 Å². The second-order valence-electron chi connectivity index (χ2n) is 6.67. The topological polar surface area (TPSA) is 26.3 Å². The van der Waals surface area contributed by atoms with E-state index in [1.54, 1.807) is 0 Å². The van der Waals surface area contributed by atoms with Crippen molar-refractivity contribution in [3.63, 3.8) is 0 Å². The maximum Gasteiger partial charge on any atom is 0.307 e. The minimum absolute atomic E-state index is 0.00575. The second kappa shape index (κ2) is 4.76. The van der Waals surface area contributed by atoms with Crippen molar-refractivity contribution in [1.29, 1.82) is 0 Å². The second-order valence-corrected chi connectivity index (χ2v) is 6.67. The molecule has 0 bridgehead atoms. The number of carbonyl (C=O) groups is 1. The van der Waals surface area contributed by atoms with Crippen molar-refractivity contribution in [2.75, 3.05) is 0 Å². The highest BCUT2D eigenvalue weighted by Gasteiger charge is 2.43. The molecule has 0 aromatic heterocycles. The molecule has 2 aliphatic rings. The Morgan fingerprint density at radius 1 is 1.20 bits per heavy atom. The molecular formula is C18H22O2. The summed E-state index contributed by atoms with van der Waals surface area (Å²) in [6, 6.07) is 10.3. The normalized spacial score (nSPS) is 28.9. The maximum atomic E-state index is 12.1. The molecule has 0 radical (unpaired) electrons. The molecule has 1 heterocycles. The molecule has 0 unspecified atom stereocenters. The van der Waals surface area contributed by atoms with E-state index in [2.05, 4.69) is 32.9 Å². The average molecular weight is 270 g/mol. The first kappa shape index (κ1) is 13.4. The van der Waals surface area contributed by atoms with Crippen LogP contribution in [-0.4, -0.2) is 12.1 Å². The summed E-state index contributed by atoms with van der Waals surface area (Å²) in [5, 5.41) is 0. The van der Waals surface area contributed by atoms with Crippen LogP contribution in [-0.2, 0) is 9.53 Å². The standard InChI is InChI=1S/C18H22O2/c1-12-14(13-7-5-4-6-8-13)11-16(19)20-15-9-10-18(2,3)17(12)15/h4-8,14-15H,9-11H2,1-3H3/t14-,15-/m0/s1. The van der Waals surface area contributed by atoms with Gasteiger partial charge < -0.3 is 4.74 Å². The molecule has 20 heavy (non-hydrogen) atoms. The van der Waals surface area contributed by atoms with E-state index in [4.69, 9.17) is 4.74 Å². The van der Waals surface area contributed by atoms with Crippen molar-refractivity contribution < 1.29 is 9.53 Å². The summed E-state index contributed by atoms with van der Waals surface area (Å²) in [7, 11) is 0. The molecule has 1 aromatic rings. The predicted octanol–water partition coefficient (Wildman–Crippen LogP) is 4.22. The van der Waals surface area contributed by atoms with Crippen LogP contribution in [0.4, 0.5) is 0 Å². The van der Waals surface area contributed by atoms with Gasteiger partial charge in [-0.3, -0.25) is 4.79 Å². The van der Waals surface area contributed by atoms with Crippen LogP contribution in [0.15, 0.2) is 41.5 Å². The lowest BCUT2D eigenvalue weighted by molar-refractivity contribution is -0.146. The molecule has 1 aliphatic carbocycles. The fraction of sp³-hybridized carbons (Fsp3) is 0.500. The van der Waals surface area contributed by atoms with Gasteiger partial charge >= 0.3 is 5.97 Å². The summed E-state index contributed by atoms with van der Waals surface area (Å²) in [5.41, 5.74) is 4.07. The third kappa shape index (κ3) is 2.17. The summed E-state index contributed by atoms with van der Waals surface area (Å²) in [4.78, 5) is 12.1. The van der Waals surface area contributed by atoms with Crippen molar-refractivity contribution in [2.24, 2.45) is 5.41 Å². The predicted molar refractivity (Wildman–Crippen MR) is 79.4 cm³/mol. The molecule has 2 atom stereocenters. The van der Waals surface area contributed by atoms with Crippen LogP contribution in [0.1, 0.15) is 51.5 Å². The zero-order valence-corrected chi connectivity index (χ0v) is 12.5. The Hall–Kier alpha value is -1.57. The summed E-state index contributed by atoms with van der Waals surface area (Å²) in [5.74, 6) is 0.108. The Bertz CT molecular complexity index is 554. The lowest BCUT2D eigenvalue weighted by Crippen LogP contribution is -2.19. The van der Waals surface area contributed by atoms with E-state index in [1.807, 2.05) is 18.2 Å². The van der Waals surface area contributed by atoms with Crippen molar-refractivity contribution in [3.05, 3.63) is 47.0 Å². The molecule has 1 aromatic carbocycles. The average Bonchev–Trinajstić information content (AvgIpc) is 2.63. The number of carbonyl (C=O) groups excluding carboxylic acids is 1. The molecule has 0 N–H and O–H groups in total. The lowest BCUT2D eigenvalue weighted by Gasteiger charge is -2.26. The van der Waals surface area contributed by atoms with Gasteiger partial charge in [0, 0.05) is 5.92 Å². The minimum Gasteiger partial charge on any atom is -0.458 e. The summed E-state index contributed by atoms with van der Waals surface area (Å²) in [6.07, 6.45) is 2.53. The van der Waals surface area contributed by atoms with Crippen molar-refractivity contribution >= 4 is 5.97 Å². The number of ether oxygens (including phenoxy) is 1. The van der Waals surface area contributed by atoms with Gasteiger partial charge in [-0.05, 0) is 36.3 Å². The number of benzene rings is 1. The quantitative estimate of drug-likeness (QED) is 0.564. The Labute approximate surface area is 120 Å². The molecule has 106 valence electrons. The van der Waals surface area contributed by atoms with Crippen molar-refractivity contribution in [1.82, 2.24) is 0 Å². The van der Waals surface area contributed by atoms with E-state index in [-0.39, 0.29) is 23.4 Å². The Balaban J connectivity index is 2.10. The lowest BCUT2D eigenvalue weighted by atomic mass is 9.78. The first-order valence-corrected chi connectivity index (χ1v) is 7.44. The fourth-order valence-electron chi connectivity index (χ4n) is 3.88. The summed E-state index contributed by atoms with van der Waals surface area (Å²) < 4.78 is 5.70. The van der Waals surface area contributed by atoms with Gasteiger partial charge in [-0.15, -0.1) is 0 Å². The van der Waals surface area contributed by atoms with Gasteiger partial charge in [0.15, 0.2) is 0 Å². The highest BCUT2D eigenvalue weighted by atomic mass is 16.5. The summed E-state index contributed by atoms with van der Waals surface area (Å²) in [6.45, 7) is 6.73. The molecular weight excluding hydrogens is 248 g/mol. The Morgan fingerprint density at radius 3 is 2.60 bits per heavy atom. The SMILES string of the molecule is CC1=C2[C@H](CCC2(C)C)OC(=O)C[C@@H]1c1ccccc1. The van der Waals surface area contributed by atoms with Crippen LogP contribution in [0.25, 0.3) is 0 Å². The van der Waals surface area contributed by atoms with E-state index in [9.17, 15) is 4.79 Å². The van der Waals surface area contributed by atoms with Crippen LogP contribution in [0.5, 0.6) is 0 Å². The van der Waals surface area contributed by atoms with Crippen LogP contribution in [0.3, 0.4) is 0 Å². The van der Waals surface area contributed by atoms with Crippen molar-refractivity contribution in [2.45, 2.75) is 52.1 Å². The van der Waals surface area contributed by atoms with Gasteiger partial charge in [-0.25, -0.2) is 0 Å². The number of fused-ring (bicyclic) bond motifs is 1. The van der Waals surface area contributed by atoms with E-state index >= 15 is 0 Å². The van der Waals surface area contributed by atoms with E-state index in [1.165, 1.54) is 16.7 Å². The van der Waals surface area contributed by atoms with Crippen LogP contribution in [0.2, 0.25) is 0 Å². The van der Waals surface area contributed by atoms with E-state index in [0.29, 0.717) is 6.42 Å². The number of esters is 1. The van der Waals surface area contributed by atoms with Gasteiger partial charge in [0.25, 0.3) is 0 Å². The number of hydrogen-bond donors (Lipinski definition) is 0. The first-order chi connectivity index (χ1) is 9.49. The number of rotatable bonds is 1. The third-order valence-corrected chi connectivity index (χ3v) is 4.88. The highest BCUT2D eigenvalue weighted by Crippen LogP contribution is 2.49. The smallest absolute Gasteiger partial charge is 0.307 e. The van der Waals surface area contributed by atoms with Gasteiger partial charge in [-0.1, -0.05) is 49.8 Å². The van der Waals surface area contributed by atoms with Gasteiger partial charge in [0.1, 0.15) is 6.10 Å². The minimum atomic E-state index is -0.0593. The fourth-order valence-corrected chi connectivity index (χ4v) is 3.88. The first-order valence-electron chi connectivity index (χ1n) is 7.44. The molecule has 0 amide bonds. The van der Waals surface area contributed by atoms with Crippen LogP contribution >= 0.6 is 0 Å².